The van der Waals surface area contributed by atoms with Crippen LogP contribution in [-0.2, 0) is 0 Å². The zero-order valence-electron chi connectivity index (χ0n) is 11.6. The van der Waals surface area contributed by atoms with Gasteiger partial charge in [-0.05, 0) is 25.0 Å². The summed E-state index contributed by atoms with van der Waals surface area (Å²) in [5.74, 6) is -1.24. The van der Waals surface area contributed by atoms with Gasteiger partial charge in [-0.15, -0.1) is 11.6 Å². The third kappa shape index (κ3) is 3.32. The second-order valence-corrected chi connectivity index (χ2v) is 5.76. The number of halogens is 2. The van der Waals surface area contributed by atoms with Gasteiger partial charge in [0.25, 0.3) is 11.6 Å². The quantitative estimate of drug-likeness (QED) is 0.488. The highest BCUT2D eigenvalue weighted by atomic mass is 35.5. The normalized spacial score (nSPS) is 21.9. The number of carbonyl (C=O) groups is 1. The van der Waals surface area contributed by atoms with Crippen LogP contribution in [0.4, 0.5) is 10.1 Å². The molecule has 2 rings (SSSR count). The van der Waals surface area contributed by atoms with Crippen LogP contribution in [0.5, 0.6) is 0 Å². The number of hydrogen-bond acceptors (Lipinski definition) is 3. The van der Waals surface area contributed by atoms with E-state index in [1.807, 2.05) is 0 Å². The lowest BCUT2D eigenvalue weighted by atomic mass is 9.93. The molecule has 1 aromatic rings. The van der Waals surface area contributed by atoms with Crippen LogP contribution in [0, 0.1) is 15.9 Å². The molecule has 0 bridgehead atoms. The summed E-state index contributed by atoms with van der Waals surface area (Å²) in [4.78, 5) is 24.1. The number of rotatable bonds is 3. The summed E-state index contributed by atoms with van der Waals surface area (Å²) < 4.78 is 13.1. The highest BCUT2D eigenvalue weighted by molar-refractivity contribution is 6.21. The molecule has 2 atom stereocenters. The molecule has 7 heteroatoms. The molecule has 0 heterocycles. The van der Waals surface area contributed by atoms with Crippen LogP contribution < -0.4 is 0 Å². The lowest BCUT2D eigenvalue weighted by molar-refractivity contribution is -0.385. The Morgan fingerprint density at radius 2 is 2.10 bits per heavy atom. The third-order valence-corrected chi connectivity index (χ3v) is 4.36. The van der Waals surface area contributed by atoms with E-state index in [4.69, 9.17) is 11.6 Å². The summed E-state index contributed by atoms with van der Waals surface area (Å²) in [6.07, 6.45) is 3.57. The average Bonchev–Trinajstić information content (AvgIpc) is 2.46. The standard InChI is InChI=1S/C14H16ClFN2O3/c1-17(12-5-3-2-4-11(12)15)14(19)10-7-6-9(16)8-13(10)18(20)21/h6-8,11-12H,2-5H2,1H3. The van der Waals surface area contributed by atoms with Crippen molar-refractivity contribution in [2.24, 2.45) is 0 Å². The van der Waals surface area contributed by atoms with Crippen LogP contribution in [0.3, 0.4) is 0 Å². The molecule has 21 heavy (non-hydrogen) atoms. The molecule has 0 N–H and O–H groups in total. The van der Waals surface area contributed by atoms with Gasteiger partial charge in [0.05, 0.1) is 16.4 Å². The summed E-state index contributed by atoms with van der Waals surface area (Å²) in [6.45, 7) is 0. The Kier molecular flexibility index (Phi) is 4.77. The van der Waals surface area contributed by atoms with Crippen molar-refractivity contribution in [2.45, 2.75) is 37.1 Å². The number of carbonyl (C=O) groups excluding carboxylic acids is 1. The van der Waals surface area contributed by atoms with E-state index in [2.05, 4.69) is 0 Å². The Bertz CT molecular complexity index is 567. The summed E-state index contributed by atoms with van der Waals surface area (Å²) >= 11 is 6.25. The van der Waals surface area contributed by atoms with Crippen LogP contribution in [0.15, 0.2) is 18.2 Å². The van der Waals surface area contributed by atoms with Crippen molar-refractivity contribution in [2.75, 3.05) is 7.05 Å². The maximum absolute atomic E-state index is 13.1. The zero-order valence-corrected chi connectivity index (χ0v) is 12.3. The second kappa shape index (κ2) is 6.39. The minimum atomic E-state index is -0.747. The summed E-state index contributed by atoms with van der Waals surface area (Å²) in [5, 5.41) is 10.8. The molecule has 1 saturated carbocycles. The molecule has 1 aromatic carbocycles. The Morgan fingerprint density at radius 1 is 1.43 bits per heavy atom. The lowest BCUT2D eigenvalue weighted by Gasteiger charge is -2.34. The molecule has 2 unspecified atom stereocenters. The predicted octanol–water partition coefficient (Wildman–Crippen LogP) is 3.36. The maximum atomic E-state index is 13.1. The fourth-order valence-corrected chi connectivity index (χ4v) is 3.13. The van der Waals surface area contributed by atoms with Gasteiger partial charge in [0.2, 0.25) is 0 Å². The lowest BCUT2D eigenvalue weighted by Crippen LogP contribution is -2.44. The van der Waals surface area contributed by atoms with Gasteiger partial charge in [-0.25, -0.2) is 4.39 Å². The minimum absolute atomic E-state index is 0.113. The number of nitro benzene ring substituents is 1. The molecular weight excluding hydrogens is 299 g/mol. The van der Waals surface area contributed by atoms with Crippen molar-refractivity contribution in [3.05, 3.63) is 39.7 Å². The Balaban J connectivity index is 2.29. The minimum Gasteiger partial charge on any atom is -0.337 e. The topological polar surface area (TPSA) is 63.5 Å². The average molecular weight is 315 g/mol. The van der Waals surface area contributed by atoms with Crippen LogP contribution in [0.2, 0.25) is 0 Å². The van der Waals surface area contributed by atoms with E-state index in [1.54, 1.807) is 7.05 Å². The van der Waals surface area contributed by atoms with Crippen molar-refractivity contribution in [3.63, 3.8) is 0 Å². The van der Waals surface area contributed by atoms with E-state index in [-0.39, 0.29) is 17.0 Å². The summed E-state index contributed by atoms with van der Waals surface area (Å²) in [5.41, 5.74) is -0.632. The van der Waals surface area contributed by atoms with Gasteiger partial charge in [0.1, 0.15) is 11.4 Å². The molecule has 5 nitrogen and oxygen atoms in total. The van der Waals surface area contributed by atoms with E-state index < -0.39 is 22.3 Å². The molecule has 1 fully saturated rings. The Labute approximate surface area is 126 Å². The van der Waals surface area contributed by atoms with Gasteiger partial charge in [-0.1, -0.05) is 12.8 Å². The number of hydrogen-bond donors (Lipinski definition) is 0. The fraction of sp³-hybridized carbons (Fsp3) is 0.500. The smallest absolute Gasteiger partial charge is 0.285 e. The Hall–Kier alpha value is -1.69. The fourth-order valence-electron chi connectivity index (χ4n) is 2.68. The molecular formula is C14H16ClFN2O3. The summed E-state index contributed by atoms with van der Waals surface area (Å²) in [7, 11) is 1.58. The Morgan fingerprint density at radius 3 is 2.71 bits per heavy atom. The van der Waals surface area contributed by atoms with Gasteiger partial charge >= 0.3 is 0 Å². The van der Waals surface area contributed by atoms with E-state index in [9.17, 15) is 19.3 Å². The van der Waals surface area contributed by atoms with Crippen LogP contribution >= 0.6 is 11.6 Å². The highest BCUT2D eigenvalue weighted by Crippen LogP contribution is 2.29. The van der Waals surface area contributed by atoms with Gasteiger partial charge in [-0.2, -0.15) is 0 Å². The van der Waals surface area contributed by atoms with Gasteiger partial charge in [-0.3, -0.25) is 14.9 Å². The molecule has 0 radical (unpaired) electrons. The van der Waals surface area contributed by atoms with Gasteiger partial charge in [0, 0.05) is 13.1 Å². The molecule has 1 aliphatic carbocycles. The van der Waals surface area contributed by atoms with E-state index in [0.717, 1.165) is 43.9 Å². The highest BCUT2D eigenvalue weighted by Gasteiger charge is 2.32. The molecule has 1 aliphatic rings. The maximum Gasteiger partial charge on any atom is 0.285 e. The number of nitro groups is 1. The van der Waals surface area contributed by atoms with E-state index in [1.165, 1.54) is 4.90 Å². The van der Waals surface area contributed by atoms with Crippen molar-refractivity contribution >= 4 is 23.2 Å². The predicted molar refractivity (Wildman–Crippen MR) is 77.0 cm³/mol. The molecule has 0 aliphatic heterocycles. The number of benzene rings is 1. The number of nitrogens with zero attached hydrogens (tertiary/aromatic N) is 2. The first kappa shape index (κ1) is 15.7. The molecule has 0 saturated heterocycles. The van der Waals surface area contributed by atoms with Crippen molar-refractivity contribution in [1.82, 2.24) is 4.90 Å². The second-order valence-electron chi connectivity index (χ2n) is 5.20. The largest absolute Gasteiger partial charge is 0.337 e. The van der Waals surface area contributed by atoms with Crippen LogP contribution in [-0.4, -0.2) is 34.2 Å². The molecule has 114 valence electrons. The van der Waals surface area contributed by atoms with Crippen molar-refractivity contribution in [3.8, 4) is 0 Å². The monoisotopic (exact) mass is 314 g/mol. The molecule has 1 amide bonds. The van der Waals surface area contributed by atoms with E-state index >= 15 is 0 Å². The van der Waals surface area contributed by atoms with Crippen molar-refractivity contribution in [1.29, 1.82) is 0 Å². The third-order valence-electron chi connectivity index (χ3n) is 3.85. The van der Waals surface area contributed by atoms with Gasteiger partial charge < -0.3 is 4.90 Å². The number of alkyl halides is 1. The van der Waals surface area contributed by atoms with Crippen LogP contribution in [0.1, 0.15) is 36.0 Å². The zero-order chi connectivity index (χ0) is 15.6. The first-order valence-corrected chi connectivity index (χ1v) is 7.20. The van der Waals surface area contributed by atoms with Crippen LogP contribution in [0.25, 0.3) is 0 Å². The van der Waals surface area contributed by atoms with Gasteiger partial charge in [0.15, 0.2) is 0 Å². The molecule has 0 spiro atoms. The SMILES string of the molecule is CN(C(=O)c1ccc(F)cc1[N+](=O)[O-])C1CCCCC1Cl. The first-order valence-electron chi connectivity index (χ1n) is 6.77. The summed E-state index contributed by atoms with van der Waals surface area (Å²) in [6, 6.07) is 2.81. The first-order chi connectivity index (χ1) is 9.91. The van der Waals surface area contributed by atoms with E-state index in [0.29, 0.717) is 0 Å². The molecule has 0 aromatic heterocycles. The number of amides is 1. The van der Waals surface area contributed by atoms with Crippen molar-refractivity contribution < 1.29 is 14.1 Å².